The zero-order chi connectivity index (χ0) is 20.9. The number of hydrogen-bond acceptors (Lipinski definition) is 4. The second kappa shape index (κ2) is 9.63. The van der Waals surface area contributed by atoms with Crippen molar-refractivity contribution < 1.29 is 19.0 Å². The van der Waals surface area contributed by atoms with Gasteiger partial charge in [-0.25, -0.2) is 0 Å². The van der Waals surface area contributed by atoms with E-state index in [1.807, 2.05) is 42.5 Å². The van der Waals surface area contributed by atoms with Gasteiger partial charge in [0.05, 0.1) is 6.10 Å². The Morgan fingerprint density at radius 1 is 1.17 bits per heavy atom. The minimum Gasteiger partial charge on any atom is -0.491 e. The van der Waals surface area contributed by atoms with Gasteiger partial charge in [-0.05, 0) is 60.7 Å². The van der Waals surface area contributed by atoms with Crippen LogP contribution in [0.3, 0.4) is 0 Å². The van der Waals surface area contributed by atoms with Crippen molar-refractivity contribution >= 4 is 27.5 Å². The number of halogens is 1. The molecule has 0 saturated carbocycles. The summed E-state index contributed by atoms with van der Waals surface area (Å²) in [5.41, 5.74) is 1.66. The number of anilines is 1. The molecule has 1 N–H and O–H groups in total. The molecule has 3 rings (SSSR count). The summed E-state index contributed by atoms with van der Waals surface area (Å²) in [6.07, 6.45) is 2.32. The zero-order valence-corrected chi connectivity index (χ0v) is 18.8. The fourth-order valence-electron chi connectivity index (χ4n) is 3.15. The standard InChI is InChI=1S/C23H28BrNO4/c1-23(2,3)20-13-16(24)6-11-21(20)29-15-22(26)25-17-7-9-18(10-8-17)28-14-19-5-4-12-27-19/h6-11,13,19H,4-5,12,14-15H2,1-3H3,(H,25,26). The molecule has 1 aliphatic heterocycles. The first kappa shape index (κ1) is 21.7. The van der Waals surface area contributed by atoms with Crippen LogP contribution >= 0.6 is 15.9 Å². The van der Waals surface area contributed by atoms with Crippen molar-refractivity contribution in [2.75, 3.05) is 25.1 Å². The van der Waals surface area contributed by atoms with Crippen LogP contribution in [0.1, 0.15) is 39.2 Å². The monoisotopic (exact) mass is 461 g/mol. The maximum Gasteiger partial charge on any atom is 0.262 e. The topological polar surface area (TPSA) is 56.8 Å². The van der Waals surface area contributed by atoms with Gasteiger partial charge in [-0.3, -0.25) is 4.79 Å². The highest BCUT2D eigenvalue weighted by molar-refractivity contribution is 9.10. The summed E-state index contributed by atoms with van der Waals surface area (Å²) in [5, 5.41) is 2.85. The highest BCUT2D eigenvalue weighted by Crippen LogP contribution is 2.33. The fourth-order valence-corrected chi connectivity index (χ4v) is 3.52. The molecular formula is C23H28BrNO4. The molecule has 29 heavy (non-hydrogen) atoms. The molecule has 1 aliphatic rings. The van der Waals surface area contributed by atoms with E-state index in [9.17, 15) is 4.79 Å². The van der Waals surface area contributed by atoms with Crippen LogP contribution in [0.4, 0.5) is 5.69 Å². The van der Waals surface area contributed by atoms with Gasteiger partial charge in [0, 0.05) is 22.3 Å². The molecule has 1 atom stereocenters. The minimum absolute atomic E-state index is 0.0536. The summed E-state index contributed by atoms with van der Waals surface area (Å²) < 4.78 is 18.1. The third kappa shape index (κ3) is 6.47. The van der Waals surface area contributed by atoms with E-state index in [1.165, 1.54) is 0 Å². The van der Waals surface area contributed by atoms with Crippen molar-refractivity contribution in [2.45, 2.75) is 45.1 Å². The summed E-state index contributed by atoms with van der Waals surface area (Å²) in [6, 6.07) is 13.2. The summed E-state index contributed by atoms with van der Waals surface area (Å²) >= 11 is 3.50. The van der Waals surface area contributed by atoms with Gasteiger partial charge in [-0.2, -0.15) is 0 Å². The van der Waals surface area contributed by atoms with Crippen LogP contribution in [0.25, 0.3) is 0 Å². The maximum atomic E-state index is 12.3. The van der Waals surface area contributed by atoms with E-state index >= 15 is 0 Å². The second-order valence-corrected chi connectivity index (χ2v) is 9.11. The van der Waals surface area contributed by atoms with Gasteiger partial charge in [0.25, 0.3) is 5.91 Å². The average Bonchev–Trinajstić information content (AvgIpc) is 3.19. The molecule has 156 valence electrons. The lowest BCUT2D eigenvalue weighted by atomic mass is 9.86. The van der Waals surface area contributed by atoms with E-state index in [-0.39, 0.29) is 24.0 Å². The van der Waals surface area contributed by atoms with Crippen LogP contribution in [-0.2, 0) is 14.9 Å². The van der Waals surface area contributed by atoms with Crippen LogP contribution in [0.2, 0.25) is 0 Å². The van der Waals surface area contributed by atoms with Crippen molar-refractivity contribution in [2.24, 2.45) is 0 Å². The number of carbonyl (C=O) groups is 1. The van der Waals surface area contributed by atoms with Crippen LogP contribution in [0.15, 0.2) is 46.9 Å². The largest absolute Gasteiger partial charge is 0.491 e. The van der Waals surface area contributed by atoms with E-state index in [1.54, 1.807) is 0 Å². The Labute approximate surface area is 180 Å². The summed E-state index contributed by atoms with van der Waals surface area (Å²) in [6.45, 7) is 7.67. The van der Waals surface area contributed by atoms with Crippen LogP contribution < -0.4 is 14.8 Å². The highest BCUT2D eigenvalue weighted by Gasteiger charge is 2.20. The first-order valence-corrected chi connectivity index (χ1v) is 10.7. The Bertz CT molecular complexity index is 824. The Morgan fingerprint density at radius 3 is 2.59 bits per heavy atom. The molecule has 6 heteroatoms. The lowest BCUT2D eigenvalue weighted by Crippen LogP contribution is -2.22. The number of carbonyl (C=O) groups excluding carboxylic acids is 1. The molecule has 2 aromatic rings. The molecular weight excluding hydrogens is 434 g/mol. The Kier molecular flexibility index (Phi) is 7.19. The third-order valence-electron chi connectivity index (χ3n) is 4.71. The molecule has 0 spiro atoms. The summed E-state index contributed by atoms with van der Waals surface area (Å²) in [7, 11) is 0. The summed E-state index contributed by atoms with van der Waals surface area (Å²) in [5.74, 6) is 1.27. The lowest BCUT2D eigenvalue weighted by molar-refractivity contribution is -0.118. The predicted molar refractivity (Wildman–Crippen MR) is 118 cm³/mol. The van der Waals surface area contributed by atoms with Gasteiger partial charge in [0.2, 0.25) is 0 Å². The van der Waals surface area contributed by atoms with Gasteiger partial charge in [-0.15, -0.1) is 0 Å². The van der Waals surface area contributed by atoms with Crippen molar-refractivity contribution in [3.8, 4) is 11.5 Å². The normalized spacial score (nSPS) is 16.5. The quantitative estimate of drug-likeness (QED) is 0.605. The molecule has 1 amide bonds. The smallest absolute Gasteiger partial charge is 0.262 e. The molecule has 5 nitrogen and oxygen atoms in total. The zero-order valence-electron chi connectivity index (χ0n) is 17.2. The molecule has 0 radical (unpaired) electrons. The fraction of sp³-hybridized carbons (Fsp3) is 0.435. The second-order valence-electron chi connectivity index (χ2n) is 8.20. The van der Waals surface area contributed by atoms with Crippen LogP contribution in [0.5, 0.6) is 11.5 Å². The van der Waals surface area contributed by atoms with Gasteiger partial charge in [-0.1, -0.05) is 36.7 Å². The number of amides is 1. The molecule has 1 heterocycles. The Balaban J connectivity index is 1.51. The molecule has 1 unspecified atom stereocenters. The Morgan fingerprint density at radius 2 is 1.93 bits per heavy atom. The van der Waals surface area contributed by atoms with Gasteiger partial charge in [0.15, 0.2) is 6.61 Å². The van der Waals surface area contributed by atoms with E-state index in [0.29, 0.717) is 18.0 Å². The van der Waals surface area contributed by atoms with Crippen molar-refractivity contribution in [3.63, 3.8) is 0 Å². The SMILES string of the molecule is CC(C)(C)c1cc(Br)ccc1OCC(=O)Nc1ccc(OCC2CCCO2)cc1. The first-order chi connectivity index (χ1) is 13.8. The average molecular weight is 462 g/mol. The molecule has 0 aromatic heterocycles. The number of nitrogens with one attached hydrogen (secondary N) is 1. The maximum absolute atomic E-state index is 12.3. The predicted octanol–water partition coefficient (Wildman–Crippen LogP) is 5.32. The van der Waals surface area contributed by atoms with Crippen molar-refractivity contribution in [1.82, 2.24) is 0 Å². The molecule has 0 aliphatic carbocycles. The number of benzene rings is 2. The lowest BCUT2D eigenvalue weighted by Gasteiger charge is -2.23. The minimum atomic E-state index is -0.208. The van der Waals surface area contributed by atoms with Crippen molar-refractivity contribution in [1.29, 1.82) is 0 Å². The van der Waals surface area contributed by atoms with E-state index in [0.717, 1.165) is 35.2 Å². The number of ether oxygens (including phenoxy) is 3. The summed E-state index contributed by atoms with van der Waals surface area (Å²) in [4.78, 5) is 12.3. The Hall–Kier alpha value is -2.05. The molecule has 1 fully saturated rings. The van der Waals surface area contributed by atoms with Crippen molar-refractivity contribution in [3.05, 3.63) is 52.5 Å². The van der Waals surface area contributed by atoms with E-state index < -0.39 is 0 Å². The van der Waals surface area contributed by atoms with E-state index in [4.69, 9.17) is 14.2 Å². The van der Waals surface area contributed by atoms with Gasteiger partial charge < -0.3 is 19.5 Å². The molecule has 0 bridgehead atoms. The first-order valence-electron chi connectivity index (χ1n) is 9.88. The highest BCUT2D eigenvalue weighted by atomic mass is 79.9. The van der Waals surface area contributed by atoms with Crippen LogP contribution in [-0.4, -0.2) is 31.8 Å². The molecule has 2 aromatic carbocycles. The van der Waals surface area contributed by atoms with Crippen LogP contribution in [0, 0.1) is 0 Å². The molecule has 1 saturated heterocycles. The van der Waals surface area contributed by atoms with Gasteiger partial charge in [0.1, 0.15) is 18.1 Å². The third-order valence-corrected chi connectivity index (χ3v) is 5.20. The number of rotatable bonds is 7. The van der Waals surface area contributed by atoms with Gasteiger partial charge >= 0.3 is 0 Å². The number of hydrogen-bond donors (Lipinski definition) is 1. The van der Waals surface area contributed by atoms with E-state index in [2.05, 4.69) is 42.0 Å².